The van der Waals surface area contributed by atoms with E-state index in [1.54, 1.807) is 0 Å². The Labute approximate surface area is 112 Å². The Hall–Kier alpha value is -1.82. The number of halogens is 1. The Morgan fingerprint density at radius 2 is 2.22 bits per heavy atom. The molecule has 1 aliphatic heterocycles. The second-order valence-corrected chi connectivity index (χ2v) is 4.69. The van der Waals surface area contributed by atoms with E-state index in [4.69, 9.17) is 10.5 Å². The molecular formula is C12H10BrN3O2. The summed E-state index contributed by atoms with van der Waals surface area (Å²) in [6.07, 6.45) is 0. The summed E-state index contributed by atoms with van der Waals surface area (Å²) in [6, 6.07) is 7.61. The quantitative estimate of drug-likeness (QED) is 0.873. The number of ether oxygens (including phenoxy) is 1. The summed E-state index contributed by atoms with van der Waals surface area (Å²) >= 11 is 3.37. The molecule has 92 valence electrons. The number of amides is 1. The molecule has 0 radical (unpaired) electrons. The number of benzene rings is 1. The summed E-state index contributed by atoms with van der Waals surface area (Å²) in [5, 5.41) is 0. The Bertz CT molecular complexity index is 636. The maximum Gasteiger partial charge on any atom is 0.270 e. The van der Waals surface area contributed by atoms with Crippen LogP contribution in [0, 0.1) is 0 Å². The van der Waals surface area contributed by atoms with Crippen molar-refractivity contribution < 1.29 is 9.53 Å². The molecule has 0 saturated carbocycles. The molecule has 3 rings (SSSR count). The fourth-order valence-corrected chi connectivity index (χ4v) is 2.65. The number of rotatable bonds is 1. The molecule has 0 unspecified atom stereocenters. The second kappa shape index (κ2) is 4.13. The first-order valence-corrected chi connectivity index (χ1v) is 6.26. The molecule has 0 fully saturated rings. The normalized spacial score (nSPS) is 13.2. The largest absolute Gasteiger partial charge is 0.491 e. The van der Waals surface area contributed by atoms with Crippen molar-refractivity contribution in [2.24, 2.45) is 5.73 Å². The van der Waals surface area contributed by atoms with Crippen molar-refractivity contribution in [2.45, 2.75) is 6.54 Å². The first-order chi connectivity index (χ1) is 8.68. The zero-order chi connectivity index (χ0) is 12.7. The molecule has 1 amide bonds. The monoisotopic (exact) mass is 307 g/mol. The molecule has 0 saturated heterocycles. The standard InChI is InChI=1S/C12H10BrN3O2/c13-10-9(11(14)17)15-12-7-3-1-2-4-8(7)18-6-5-16(10)12/h1-4H,5-6H2,(H2,14,17). The fourth-order valence-electron chi connectivity index (χ4n) is 2.02. The van der Waals surface area contributed by atoms with E-state index in [1.807, 2.05) is 28.8 Å². The van der Waals surface area contributed by atoms with Crippen LogP contribution in [0.4, 0.5) is 0 Å². The van der Waals surface area contributed by atoms with E-state index >= 15 is 0 Å². The lowest BCUT2D eigenvalue weighted by Gasteiger charge is -2.04. The van der Waals surface area contributed by atoms with Gasteiger partial charge in [0.1, 0.15) is 22.8 Å². The van der Waals surface area contributed by atoms with Gasteiger partial charge in [-0.1, -0.05) is 12.1 Å². The summed E-state index contributed by atoms with van der Waals surface area (Å²) in [5.74, 6) is 0.925. The second-order valence-electron chi connectivity index (χ2n) is 3.94. The third kappa shape index (κ3) is 1.60. The van der Waals surface area contributed by atoms with Crippen LogP contribution in [0.3, 0.4) is 0 Å². The number of nitrogens with two attached hydrogens (primary N) is 1. The lowest BCUT2D eigenvalue weighted by molar-refractivity contribution is 0.0995. The van der Waals surface area contributed by atoms with Gasteiger partial charge < -0.3 is 15.0 Å². The Balaban J connectivity index is 2.27. The van der Waals surface area contributed by atoms with Crippen molar-refractivity contribution in [1.29, 1.82) is 0 Å². The summed E-state index contributed by atoms with van der Waals surface area (Å²) in [4.78, 5) is 15.6. The maximum atomic E-state index is 11.3. The molecule has 2 aromatic rings. The zero-order valence-corrected chi connectivity index (χ0v) is 11.0. The van der Waals surface area contributed by atoms with Gasteiger partial charge in [-0.05, 0) is 28.1 Å². The molecule has 0 bridgehead atoms. The molecule has 1 aromatic carbocycles. The van der Waals surface area contributed by atoms with Gasteiger partial charge in [0.2, 0.25) is 0 Å². The molecule has 18 heavy (non-hydrogen) atoms. The first-order valence-electron chi connectivity index (χ1n) is 5.46. The van der Waals surface area contributed by atoms with E-state index in [1.165, 1.54) is 0 Å². The van der Waals surface area contributed by atoms with Gasteiger partial charge in [-0.15, -0.1) is 0 Å². The van der Waals surface area contributed by atoms with Gasteiger partial charge in [0.15, 0.2) is 5.69 Å². The van der Waals surface area contributed by atoms with Crippen molar-refractivity contribution >= 4 is 21.8 Å². The predicted octanol–water partition coefficient (Wildman–Crippen LogP) is 1.80. The smallest absolute Gasteiger partial charge is 0.270 e. The van der Waals surface area contributed by atoms with Crippen molar-refractivity contribution in [3.05, 3.63) is 34.6 Å². The zero-order valence-electron chi connectivity index (χ0n) is 9.39. The lowest BCUT2D eigenvalue weighted by atomic mass is 10.2. The van der Waals surface area contributed by atoms with Crippen molar-refractivity contribution in [2.75, 3.05) is 6.61 Å². The Morgan fingerprint density at radius 3 is 3.00 bits per heavy atom. The average Bonchev–Trinajstić information content (AvgIpc) is 2.57. The van der Waals surface area contributed by atoms with Crippen LogP contribution in [0.15, 0.2) is 28.9 Å². The van der Waals surface area contributed by atoms with Gasteiger partial charge in [-0.2, -0.15) is 0 Å². The summed E-state index contributed by atoms with van der Waals surface area (Å²) < 4.78 is 8.14. The molecule has 2 N–H and O–H groups in total. The molecule has 1 aromatic heterocycles. The average molecular weight is 308 g/mol. The SMILES string of the molecule is NC(=O)c1nc2n(c1Br)CCOc1ccccc1-2. The number of primary amides is 1. The summed E-state index contributed by atoms with van der Waals surface area (Å²) in [7, 11) is 0. The topological polar surface area (TPSA) is 70.1 Å². The number of hydrogen-bond acceptors (Lipinski definition) is 3. The number of aromatic nitrogens is 2. The van der Waals surface area contributed by atoms with Crippen molar-refractivity contribution in [1.82, 2.24) is 9.55 Å². The van der Waals surface area contributed by atoms with Gasteiger partial charge >= 0.3 is 0 Å². The van der Waals surface area contributed by atoms with Crippen LogP contribution in [-0.4, -0.2) is 22.1 Å². The highest BCUT2D eigenvalue weighted by Gasteiger charge is 2.23. The highest BCUT2D eigenvalue weighted by Crippen LogP contribution is 2.34. The summed E-state index contributed by atoms with van der Waals surface area (Å²) in [6.45, 7) is 1.14. The number of nitrogens with zero attached hydrogens (tertiary/aromatic N) is 2. The third-order valence-electron chi connectivity index (χ3n) is 2.84. The van der Waals surface area contributed by atoms with E-state index in [2.05, 4.69) is 20.9 Å². The minimum Gasteiger partial charge on any atom is -0.491 e. The van der Waals surface area contributed by atoms with Gasteiger partial charge in [0.25, 0.3) is 5.91 Å². The van der Waals surface area contributed by atoms with Gasteiger partial charge in [-0.25, -0.2) is 4.98 Å². The minimum atomic E-state index is -0.541. The van der Waals surface area contributed by atoms with E-state index in [-0.39, 0.29) is 5.69 Å². The molecule has 5 nitrogen and oxygen atoms in total. The molecule has 0 atom stereocenters. The van der Waals surface area contributed by atoms with Gasteiger partial charge in [0, 0.05) is 0 Å². The number of fused-ring (bicyclic) bond motifs is 3. The number of imidazole rings is 1. The Morgan fingerprint density at radius 1 is 1.44 bits per heavy atom. The van der Waals surface area contributed by atoms with Gasteiger partial charge in [-0.3, -0.25) is 4.79 Å². The fraction of sp³-hybridized carbons (Fsp3) is 0.167. The number of para-hydroxylation sites is 1. The minimum absolute atomic E-state index is 0.252. The highest BCUT2D eigenvalue weighted by atomic mass is 79.9. The molecule has 0 aliphatic carbocycles. The van der Waals surface area contributed by atoms with Crippen LogP contribution < -0.4 is 10.5 Å². The maximum absolute atomic E-state index is 11.3. The van der Waals surface area contributed by atoms with Crippen molar-refractivity contribution in [3.63, 3.8) is 0 Å². The van der Waals surface area contributed by atoms with E-state index < -0.39 is 5.91 Å². The van der Waals surface area contributed by atoms with E-state index in [9.17, 15) is 4.79 Å². The van der Waals surface area contributed by atoms with Crippen LogP contribution in [0.25, 0.3) is 11.4 Å². The lowest BCUT2D eigenvalue weighted by Crippen LogP contribution is -2.13. The number of carbonyl (C=O) groups excluding carboxylic acids is 1. The van der Waals surface area contributed by atoms with E-state index in [0.717, 1.165) is 11.3 Å². The van der Waals surface area contributed by atoms with Crippen LogP contribution in [0.2, 0.25) is 0 Å². The molecule has 6 heteroatoms. The summed E-state index contributed by atoms with van der Waals surface area (Å²) in [5.41, 5.74) is 6.43. The molecule has 1 aliphatic rings. The van der Waals surface area contributed by atoms with E-state index in [0.29, 0.717) is 23.6 Å². The van der Waals surface area contributed by atoms with Crippen LogP contribution in [0.5, 0.6) is 5.75 Å². The van der Waals surface area contributed by atoms with Crippen LogP contribution >= 0.6 is 15.9 Å². The molecule has 2 heterocycles. The number of carbonyl (C=O) groups is 1. The highest BCUT2D eigenvalue weighted by molar-refractivity contribution is 9.10. The first kappa shape index (κ1) is 11.3. The molecular weight excluding hydrogens is 298 g/mol. The van der Waals surface area contributed by atoms with Crippen LogP contribution in [0.1, 0.15) is 10.5 Å². The van der Waals surface area contributed by atoms with Gasteiger partial charge in [0.05, 0.1) is 12.1 Å². The number of hydrogen-bond donors (Lipinski definition) is 1. The third-order valence-corrected chi connectivity index (χ3v) is 3.64. The molecule has 0 spiro atoms. The van der Waals surface area contributed by atoms with Crippen LogP contribution in [-0.2, 0) is 6.54 Å². The Kier molecular flexibility index (Phi) is 2.59. The van der Waals surface area contributed by atoms with Crippen molar-refractivity contribution in [3.8, 4) is 17.1 Å². The predicted molar refractivity (Wildman–Crippen MR) is 69.4 cm³/mol.